The van der Waals surface area contributed by atoms with Gasteiger partial charge in [0.2, 0.25) is 0 Å². The van der Waals surface area contributed by atoms with Gasteiger partial charge in [0.15, 0.2) is 6.61 Å². The molecule has 0 bridgehead atoms. The number of carbonyl (C=O) groups excluding carboxylic acids is 2. The highest BCUT2D eigenvalue weighted by molar-refractivity contribution is 5.96. The molecule has 0 saturated heterocycles. The monoisotopic (exact) mass is 245 g/mol. The van der Waals surface area contributed by atoms with Gasteiger partial charge in [-0.25, -0.2) is 9.59 Å². The largest absolute Gasteiger partial charge is 0.478 e. The second-order valence-electron chi connectivity index (χ2n) is 3.08. The summed E-state index contributed by atoms with van der Waals surface area (Å²) >= 11 is 0. The average Bonchev–Trinajstić information content (AvgIpc) is 2.25. The molecule has 0 aliphatic rings. The Morgan fingerprint density at radius 1 is 1.35 bits per heavy atom. The molecule has 0 fully saturated rings. The van der Waals surface area contributed by atoms with Crippen molar-refractivity contribution < 1.29 is 29.0 Å². The van der Waals surface area contributed by atoms with E-state index in [0.29, 0.717) is 19.2 Å². The molecule has 7 nitrogen and oxygen atoms in total. The summed E-state index contributed by atoms with van der Waals surface area (Å²) in [6, 6.07) is 0. The number of ether oxygens (including phenoxy) is 2. The van der Waals surface area contributed by atoms with Crippen molar-refractivity contribution in [2.24, 2.45) is 0 Å². The Morgan fingerprint density at radius 3 is 2.53 bits per heavy atom. The number of nitrogens with one attached hydrogen (secondary N) is 1. The molecule has 2 N–H and O–H groups in total. The molecule has 0 heterocycles. The minimum Gasteiger partial charge on any atom is -0.478 e. The number of aliphatic carboxylic acids is 1. The van der Waals surface area contributed by atoms with Crippen LogP contribution in [0.25, 0.3) is 0 Å². The number of methoxy groups -OCH3 is 1. The van der Waals surface area contributed by atoms with Crippen LogP contribution in [-0.2, 0) is 23.9 Å². The number of rotatable bonds is 7. The molecule has 96 valence electrons. The van der Waals surface area contributed by atoms with Crippen molar-refractivity contribution in [3.05, 3.63) is 11.6 Å². The third kappa shape index (κ3) is 7.97. The molecule has 0 atom stereocenters. The van der Waals surface area contributed by atoms with Gasteiger partial charge in [-0.3, -0.25) is 4.79 Å². The number of hydrogen-bond donors (Lipinski definition) is 2. The zero-order valence-electron chi connectivity index (χ0n) is 9.69. The minimum absolute atomic E-state index is 0.0813. The maximum absolute atomic E-state index is 11.2. The van der Waals surface area contributed by atoms with E-state index >= 15 is 0 Å². The Bertz CT molecular complexity index is 323. The number of amides is 1. The molecule has 0 aromatic carbocycles. The van der Waals surface area contributed by atoms with Crippen LogP contribution in [0.4, 0.5) is 0 Å². The SMILES string of the molecule is COCCNC(=O)COC(=O)C(C)=CC(=O)O. The highest BCUT2D eigenvalue weighted by Gasteiger charge is 2.10. The van der Waals surface area contributed by atoms with E-state index in [4.69, 9.17) is 9.84 Å². The molecule has 0 spiro atoms. The van der Waals surface area contributed by atoms with Gasteiger partial charge in [-0.1, -0.05) is 0 Å². The molecule has 0 radical (unpaired) electrons. The third-order valence-electron chi connectivity index (χ3n) is 1.62. The first-order valence-corrected chi connectivity index (χ1v) is 4.81. The van der Waals surface area contributed by atoms with E-state index in [0.717, 1.165) is 0 Å². The molecule has 0 rings (SSSR count). The summed E-state index contributed by atoms with van der Waals surface area (Å²) in [5, 5.41) is 10.8. The Hall–Kier alpha value is -1.89. The Kier molecular flexibility index (Phi) is 7.36. The Morgan fingerprint density at radius 2 is 2.00 bits per heavy atom. The Balaban J connectivity index is 3.91. The van der Waals surface area contributed by atoms with Crippen molar-refractivity contribution in [2.75, 3.05) is 26.9 Å². The van der Waals surface area contributed by atoms with E-state index in [-0.39, 0.29) is 5.57 Å². The minimum atomic E-state index is -1.25. The summed E-state index contributed by atoms with van der Waals surface area (Å²) in [7, 11) is 1.49. The van der Waals surface area contributed by atoms with Crippen LogP contribution in [0.3, 0.4) is 0 Å². The molecule has 0 aliphatic carbocycles. The van der Waals surface area contributed by atoms with Gasteiger partial charge in [-0.2, -0.15) is 0 Å². The molecular formula is C10H15NO6. The summed E-state index contributed by atoms with van der Waals surface area (Å²) in [5.41, 5.74) is -0.0813. The first-order chi connectivity index (χ1) is 7.97. The van der Waals surface area contributed by atoms with Crippen LogP contribution in [-0.4, -0.2) is 49.8 Å². The summed E-state index contributed by atoms with van der Waals surface area (Å²) in [6.45, 7) is 1.51. The smallest absolute Gasteiger partial charge is 0.334 e. The van der Waals surface area contributed by atoms with Crippen molar-refractivity contribution in [2.45, 2.75) is 6.92 Å². The highest BCUT2D eigenvalue weighted by atomic mass is 16.5. The number of carboxylic acids is 1. The van der Waals surface area contributed by atoms with E-state index < -0.39 is 24.5 Å². The lowest BCUT2D eigenvalue weighted by molar-refractivity contribution is -0.145. The van der Waals surface area contributed by atoms with Crippen LogP contribution in [0.15, 0.2) is 11.6 Å². The van der Waals surface area contributed by atoms with E-state index in [1.165, 1.54) is 14.0 Å². The lowest BCUT2D eigenvalue weighted by atomic mass is 10.3. The average molecular weight is 245 g/mol. The van der Waals surface area contributed by atoms with Gasteiger partial charge in [-0.05, 0) is 6.92 Å². The van der Waals surface area contributed by atoms with Crippen molar-refractivity contribution in [1.29, 1.82) is 0 Å². The van der Waals surface area contributed by atoms with Crippen LogP contribution in [0.1, 0.15) is 6.92 Å². The number of carboxylic acid groups (broad SMARTS) is 1. The van der Waals surface area contributed by atoms with Crippen molar-refractivity contribution >= 4 is 17.8 Å². The van der Waals surface area contributed by atoms with Crippen LogP contribution in [0, 0.1) is 0 Å². The summed E-state index contributed by atoms with van der Waals surface area (Å²) in [5.74, 6) is -2.56. The lowest BCUT2D eigenvalue weighted by Gasteiger charge is -2.05. The molecule has 0 saturated carbocycles. The maximum Gasteiger partial charge on any atom is 0.334 e. The van der Waals surface area contributed by atoms with Crippen LogP contribution in [0.5, 0.6) is 0 Å². The first kappa shape index (κ1) is 15.1. The highest BCUT2D eigenvalue weighted by Crippen LogP contribution is 1.96. The van der Waals surface area contributed by atoms with Gasteiger partial charge >= 0.3 is 11.9 Å². The summed E-state index contributed by atoms with van der Waals surface area (Å²) in [6.07, 6.45) is 0.713. The van der Waals surface area contributed by atoms with Crippen molar-refractivity contribution in [1.82, 2.24) is 5.32 Å². The predicted molar refractivity (Wildman–Crippen MR) is 57.2 cm³/mol. The van der Waals surface area contributed by atoms with Gasteiger partial charge < -0.3 is 19.9 Å². The van der Waals surface area contributed by atoms with E-state index in [2.05, 4.69) is 10.1 Å². The van der Waals surface area contributed by atoms with Crippen LogP contribution < -0.4 is 5.32 Å². The van der Waals surface area contributed by atoms with Crippen molar-refractivity contribution in [3.8, 4) is 0 Å². The fourth-order valence-corrected chi connectivity index (χ4v) is 0.833. The normalized spacial score (nSPS) is 10.8. The molecule has 7 heteroatoms. The molecule has 0 aromatic heterocycles. The lowest BCUT2D eigenvalue weighted by Crippen LogP contribution is -2.31. The summed E-state index contributed by atoms with van der Waals surface area (Å²) in [4.78, 5) is 32.5. The van der Waals surface area contributed by atoms with Gasteiger partial charge in [0.05, 0.1) is 6.61 Å². The number of carbonyl (C=O) groups is 3. The molecule has 17 heavy (non-hydrogen) atoms. The van der Waals surface area contributed by atoms with Gasteiger partial charge in [-0.15, -0.1) is 0 Å². The maximum atomic E-state index is 11.2. The standard InChI is InChI=1S/C10H15NO6/c1-7(5-9(13)14)10(15)17-6-8(12)11-3-4-16-2/h5H,3-4,6H2,1-2H3,(H,11,12)(H,13,14). The third-order valence-corrected chi connectivity index (χ3v) is 1.62. The van der Waals surface area contributed by atoms with E-state index in [1.54, 1.807) is 0 Å². The zero-order valence-corrected chi connectivity index (χ0v) is 9.69. The van der Waals surface area contributed by atoms with Gasteiger partial charge in [0, 0.05) is 25.3 Å². The first-order valence-electron chi connectivity index (χ1n) is 4.81. The van der Waals surface area contributed by atoms with Crippen LogP contribution >= 0.6 is 0 Å². The second-order valence-corrected chi connectivity index (χ2v) is 3.08. The molecule has 1 amide bonds. The number of esters is 1. The predicted octanol–water partition coefficient (Wildman–Crippen LogP) is -0.677. The second kappa shape index (κ2) is 8.28. The van der Waals surface area contributed by atoms with E-state index in [9.17, 15) is 14.4 Å². The van der Waals surface area contributed by atoms with Crippen LogP contribution in [0.2, 0.25) is 0 Å². The molecular weight excluding hydrogens is 230 g/mol. The van der Waals surface area contributed by atoms with Gasteiger partial charge in [0.1, 0.15) is 0 Å². The fraction of sp³-hybridized carbons (Fsp3) is 0.500. The quantitative estimate of drug-likeness (QED) is 0.350. The number of hydrogen-bond acceptors (Lipinski definition) is 5. The Labute approximate surface area is 98.4 Å². The summed E-state index contributed by atoms with van der Waals surface area (Å²) < 4.78 is 9.28. The molecule has 0 aromatic rings. The fourth-order valence-electron chi connectivity index (χ4n) is 0.833. The van der Waals surface area contributed by atoms with E-state index in [1.807, 2.05) is 0 Å². The molecule has 0 unspecified atom stereocenters. The zero-order chi connectivity index (χ0) is 13.3. The molecule has 0 aliphatic heterocycles. The van der Waals surface area contributed by atoms with Gasteiger partial charge in [0.25, 0.3) is 5.91 Å². The van der Waals surface area contributed by atoms with Crippen molar-refractivity contribution in [3.63, 3.8) is 0 Å². The topological polar surface area (TPSA) is 102 Å².